The van der Waals surface area contributed by atoms with Crippen LogP contribution in [0.1, 0.15) is 30.9 Å². The highest BCUT2D eigenvalue weighted by Gasteiger charge is 2.44. The zero-order valence-corrected chi connectivity index (χ0v) is 18.7. The molecule has 176 valence electrons. The molecule has 1 saturated heterocycles. The Morgan fingerprint density at radius 2 is 1.57 bits per heavy atom. The van der Waals surface area contributed by atoms with Crippen molar-refractivity contribution in [3.05, 3.63) is 90.1 Å². The SMILES string of the molecule is O=C(N[C@H]1CC(=O)N(c2ccc3c(cnn3-c3ccc(F)cc3)c2)C1c1ccc(F)cc1)C1CC1. The van der Waals surface area contributed by atoms with E-state index in [-0.39, 0.29) is 35.8 Å². The Balaban J connectivity index is 1.38. The molecule has 1 saturated carbocycles. The summed E-state index contributed by atoms with van der Waals surface area (Å²) in [5.41, 5.74) is 2.95. The average molecular weight is 472 g/mol. The molecule has 0 spiro atoms. The van der Waals surface area contributed by atoms with Crippen LogP contribution in [0.3, 0.4) is 0 Å². The summed E-state index contributed by atoms with van der Waals surface area (Å²) in [7, 11) is 0. The third-order valence-corrected chi connectivity index (χ3v) is 6.71. The highest BCUT2D eigenvalue weighted by Crippen LogP contribution is 2.39. The van der Waals surface area contributed by atoms with Crippen molar-refractivity contribution in [2.45, 2.75) is 31.3 Å². The van der Waals surface area contributed by atoms with Gasteiger partial charge in [0.15, 0.2) is 0 Å². The zero-order chi connectivity index (χ0) is 24.1. The molecule has 2 atom stereocenters. The lowest BCUT2D eigenvalue weighted by Gasteiger charge is -2.29. The van der Waals surface area contributed by atoms with Crippen LogP contribution >= 0.6 is 0 Å². The van der Waals surface area contributed by atoms with Gasteiger partial charge in [-0.25, -0.2) is 13.5 Å². The van der Waals surface area contributed by atoms with Gasteiger partial charge in [-0.1, -0.05) is 12.1 Å². The van der Waals surface area contributed by atoms with Gasteiger partial charge in [-0.15, -0.1) is 0 Å². The fourth-order valence-electron chi connectivity index (χ4n) is 4.81. The molecule has 1 aromatic heterocycles. The van der Waals surface area contributed by atoms with E-state index in [4.69, 9.17) is 0 Å². The first-order chi connectivity index (χ1) is 17.0. The van der Waals surface area contributed by atoms with E-state index in [1.165, 1.54) is 24.3 Å². The van der Waals surface area contributed by atoms with Gasteiger partial charge in [0.1, 0.15) is 11.6 Å². The number of nitrogens with one attached hydrogen (secondary N) is 1. The van der Waals surface area contributed by atoms with Crippen molar-refractivity contribution in [2.75, 3.05) is 4.90 Å². The summed E-state index contributed by atoms with van der Waals surface area (Å²) < 4.78 is 28.7. The molecule has 35 heavy (non-hydrogen) atoms. The van der Waals surface area contributed by atoms with Crippen LogP contribution in [0.4, 0.5) is 14.5 Å². The second-order valence-corrected chi connectivity index (χ2v) is 9.13. The predicted octanol–water partition coefficient (Wildman–Crippen LogP) is 4.68. The Bertz CT molecular complexity index is 1430. The number of halogens is 2. The second kappa shape index (κ2) is 8.30. The number of anilines is 1. The summed E-state index contributed by atoms with van der Waals surface area (Å²) in [6.07, 6.45) is 3.59. The molecule has 4 aromatic rings. The molecule has 0 bridgehead atoms. The molecular formula is C27H22F2N4O2. The van der Waals surface area contributed by atoms with Crippen molar-refractivity contribution < 1.29 is 18.4 Å². The number of benzene rings is 3. The van der Waals surface area contributed by atoms with Crippen LogP contribution < -0.4 is 10.2 Å². The first-order valence-electron chi connectivity index (χ1n) is 11.6. The summed E-state index contributed by atoms with van der Waals surface area (Å²) >= 11 is 0. The normalized spacial score (nSPS) is 19.9. The summed E-state index contributed by atoms with van der Waals surface area (Å²) in [4.78, 5) is 27.5. The quantitative estimate of drug-likeness (QED) is 0.459. The van der Waals surface area contributed by atoms with Gasteiger partial charge in [-0.05, 0) is 73.0 Å². The molecule has 1 unspecified atom stereocenters. The van der Waals surface area contributed by atoms with E-state index < -0.39 is 12.1 Å². The molecule has 8 heteroatoms. The Labute approximate surface area is 200 Å². The van der Waals surface area contributed by atoms with Gasteiger partial charge < -0.3 is 10.2 Å². The molecule has 2 heterocycles. The second-order valence-electron chi connectivity index (χ2n) is 9.13. The van der Waals surface area contributed by atoms with Crippen LogP contribution in [-0.2, 0) is 9.59 Å². The van der Waals surface area contributed by atoms with E-state index in [0.29, 0.717) is 5.69 Å². The maximum absolute atomic E-state index is 13.7. The zero-order valence-electron chi connectivity index (χ0n) is 18.7. The minimum atomic E-state index is -0.463. The van der Waals surface area contributed by atoms with Crippen LogP contribution in [0, 0.1) is 17.6 Å². The summed E-state index contributed by atoms with van der Waals surface area (Å²) in [6.45, 7) is 0. The molecule has 3 aromatic carbocycles. The molecule has 0 radical (unpaired) electrons. The van der Waals surface area contributed by atoms with Crippen LogP contribution in [0.25, 0.3) is 16.6 Å². The number of fused-ring (bicyclic) bond motifs is 1. The van der Waals surface area contributed by atoms with Crippen molar-refractivity contribution in [1.82, 2.24) is 15.1 Å². The summed E-state index contributed by atoms with van der Waals surface area (Å²) in [5, 5.41) is 8.31. The van der Waals surface area contributed by atoms with Gasteiger partial charge in [-0.2, -0.15) is 5.10 Å². The van der Waals surface area contributed by atoms with E-state index in [2.05, 4.69) is 10.4 Å². The fraction of sp³-hybridized carbons (Fsp3) is 0.222. The number of nitrogens with zero attached hydrogens (tertiary/aromatic N) is 3. The Hall–Kier alpha value is -4.07. The van der Waals surface area contributed by atoms with Crippen molar-refractivity contribution in [2.24, 2.45) is 5.92 Å². The lowest BCUT2D eigenvalue weighted by molar-refractivity contribution is -0.123. The minimum Gasteiger partial charge on any atom is -0.350 e. The average Bonchev–Trinajstić information content (AvgIpc) is 3.55. The molecular weight excluding hydrogens is 450 g/mol. The summed E-state index contributed by atoms with van der Waals surface area (Å²) in [6, 6.07) is 16.8. The molecule has 6 nitrogen and oxygen atoms in total. The van der Waals surface area contributed by atoms with Crippen molar-refractivity contribution in [3.8, 4) is 5.69 Å². The molecule has 1 aliphatic carbocycles. The molecule has 2 aliphatic rings. The monoisotopic (exact) mass is 472 g/mol. The van der Waals surface area contributed by atoms with Crippen LogP contribution in [0.2, 0.25) is 0 Å². The van der Waals surface area contributed by atoms with Crippen molar-refractivity contribution in [1.29, 1.82) is 0 Å². The highest BCUT2D eigenvalue weighted by molar-refractivity contribution is 6.00. The number of carbonyl (C=O) groups is 2. The molecule has 1 aliphatic heterocycles. The first kappa shape index (κ1) is 21.5. The van der Waals surface area contributed by atoms with Gasteiger partial charge in [0.2, 0.25) is 11.8 Å². The number of hydrogen-bond acceptors (Lipinski definition) is 3. The lowest BCUT2D eigenvalue weighted by atomic mass is 9.99. The van der Waals surface area contributed by atoms with E-state index in [0.717, 1.165) is 35.0 Å². The molecule has 2 amide bonds. The van der Waals surface area contributed by atoms with Crippen LogP contribution in [0.5, 0.6) is 0 Å². The topological polar surface area (TPSA) is 67.2 Å². The van der Waals surface area contributed by atoms with E-state index in [1.54, 1.807) is 40.0 Å². The maximum atomic E-state index is 13.7. The highest BCUT2D eigenvalue weighted by atomic mass is 19.1. The van der Waals surface area contributed by atoms with E-state index in [1.807, 2.05) is 18.2 Å². The van der Waals surface area contributed by atoms with Crippen LogP contribution in [0.15, 0.2) is 72.9 Å². The van der Waals surface area contributed by atoms with Gasteiger partial charge in [0.25, 0.3) is 0 Å². The fourth-order valence-corrected chi connectivity index (χ4v) is 4.81. The van der Waals surface area contributed by atoms with Gasteiger partial charge in [0, 0.05) is 23.4 Å². The number of amides is 2. The number of aromatic nitrogens is 2. The van der Waals surface area contributed by atoms with E-state index in [9.17, 15) is 18.4 Å². The van der Waals surface area contributed by atoms with Crippen LogP contribution in [-0.4, -0.2) is 27.6 Å². The lowest BCUT2D eigenvalue weighted by Crippen LogP contribution is -2.40. The van der Waals surface area contributed by atoms with E-state index >= 15 is 0 Å². The smallest absolute Gasteiger partial charge is 0.229 e. The maximum Gasteiger partial charge on any atom is 0.229 e. The van der Waals surface area contributed by atoms with Gasteiger partial charge in [0.05, 0.1) is 29.5 Å². The predicted molar refractivity (Wildman–Crippen MR) is 127 cm³/mol. The number of hydrogen-bond donors (Lipinski definition) is 1. The standard InChI is InChI=1S/C27H22F2N4O2/c28-19-5-3-16(4-6-19)26-23(31-27(35)17-1-2-17)14-25(34)32(26)22-11-12-24-18(13-22)15-30-33(24)21-9-7-20(29)8-10-21/h3-13,15,17,23,26H,1-2,14H2,(H,31,35)/t23-,26?/m0/s1. The first-order valence-corrected chi connectivity index (χ1v) is 11.6. The van der Waals surface area contributed by atoms with Gasteiger partial charge >= 0.3 is 0 Å². The number of carbonyl (C=O) groups excluding carboxylic acids is 2. The van der Waals surface area contributed by atoms with Gasteiger partial charge in [-0.3, -0.25) is 9.59 Å². The minimum absolute atomic E-state index is 0.0154. The third kappa shape index (κ3) is 3.95. The molecule has 6 rings (SSSR count). The molecule has 2 fully saturated rings. The third-order valence-electron chi connectivity index (χ3n) is 6.71. The largest absolute Gasteiger partial charge is 0.350 e. The summed E-state index contributed by atoms with van der Waals surface area (Å²) in [5.74, 6) is -0.826. The molecule has 1 N–H and O–H groups in total. The Morgan fingerprint density at radius 1 is 0.914 bits per heavy atom. The Kier molecular flexibility index (Phi) is 5.09. The number of rotatable bonds is 5. The van der Waals surface area contributed by atoms with Crippen molar-refractivity contribution >= 4 is 28.4 Å². The van der Waals surface area contributed by atoms with Crippen molar-refractivity contribution in [3.63, 3.8) is 0 Å². The Morgan fingerprint density at radius 3 is 2.26 bits per heavy atom.